The van der Waals surface area contributed by atoms with E-state index >= 15 is 0 Å². The molecule has 0 radical (unpaired) electrons. The fourth-order valence-corrected chi connectivity index (χ4v) is 1.10. The van der Waals surface area contributed by atoms with E-state index < -0.39 is 24.0 Å². The molecule has 0 amide bonds. The molecule has 0 aliphatic carbocycles. The summed E-state index contributed by atoms with van der Waals surface area (Å²) in [4.78, 5) is 19.5. The number of nitrogens with two attached hydrogens (primary N) is 4. The van der Waals surface area contributed by atoms with Crippen LogP contribution in [0.3, 0.4) is 0 Å². The summed E-state index contributed by atoms with van der Waals surface area (Å²) in [6.07, 6.45) is 0. The maximum atomic E-state index is 9.76. The van der Waals surface area contributed by atoms with E-state index in [-0.39, 0.29) is 11.5 Å². The molecule has 0 spiro atoms. The summed E-state index contributed by atoms with van der Waals surface area (Å²) in [5.74, 6) is -1.63. The van der Waals surface area contributed by atoms with Crippen LogP contribution in [0, 0.1) is 0 Å². The first-order valence-electron chi connectivity index (χ1n) is 7.28. The van der Waals surface area contributed by atoms with Crippen LogP contribution in [0.5, 0.6) is 0 Å². The van der Waals surface area contributed by atoms with Crippen LogP contribution >= 0.6 is 25.3 Å². The number of hydrogen-bond donors (Lipinski definition) is 10. The molecule has 0 bridgehead atoms. The molecule has 24 heavy (non-hydrogen) atoms. The maximum absolute atomic E-state index is 9.76. The highest BCUT2D eigenvalue weighted by Crippen LogP contribution is 1.80. The van der Waals surface area contributed by atoms with Crippen molar-refractivity contribution in [1.82, 2.24) is 10.6 Å². The van der Waals surface area contributed by atoms with Gasteiger partial charge in [0.2, 0.25) is 0 Å². The molecule has 0 heterocycles. The van der Waals surface area contributed by atoms with E-state index in [2.05, 4.69) is 35.9 Å². The molecule has 0 aliphatic heterocycles. The largest absolute Gasteiger partial charge is 0.480 e. The van der Waals surface area contributed by atoms with Gasteiger partial charge in [0.15, 0.2) is 0 Å². The molecule has 0 aromatic heterocycles. The van der Waals surface area contributed by atoms with Gasteiger partial charge in [-0.2, -0.15) is 25.3 Å². The van der Waals surface area contributed by atoms with Gasteiger partial charge in [0.25, 0.3) is 0 Å². The summed E-state index contributed by atoms with van der Waals surface area (Å²) in [5, 5.41) is 22.3. The number of carboxylic acid groups (broad SMARTS) is 2. The first-order valence-corrected chi connectivity index (χ1v) is 8.54. The van der Waals surface area contributed by atoms with Gasteiger partial charge >= 0.3 is 11.9 Å². The number of carboxylic acids is 2. The van der Waals surface area contributed by atoms with Gasteiger partial charge in [-0.15, -0.1) is 0 Å². The SMILES string of the molecule is NCCNCCNCCN.N[C@@H](CS)C(=O)O.N[C@@H](CS)C(=O)O. The second-order valence-electron chi connectivity index (χ2n) is 4.33. The third-order valence-corrected chi connectivity index (χ3v) is 2.94. The molecule has 0 saturated heterocycles. The van der Waals surface area contributed by atoms with E-state index in [0.717, 1.165) is 26.2 Å². The van der Waals surface area contributed by atoms with Gasteiger partial charge < -0.3 is 43.8 Å². The Balaban J connectivity index is -0.000000283. The Morgan fingerprint density at radius 3 is 1.21 bits per heavy atom. The van der Waals surface area contributed by atoms with Crippen LogP contribution in [0.15, 0.2) is 0 Å². The lowest BCUT2D eigenvalue weighted by Gasteiger charge is -2.03. The number of rotatable bonds is 11. The Kier molecular flexibility index (Phi) is 26.3. The van der Waals surface area contributed by atoms with Gasteiger partial charge in [0, 0.05) is 50.8 Å². The van der Waals surface area contributed by atoms with Gasteiger partial charge in [-0.25, -0.2) is 0 Å². The first-order chi connectivity index (χ1) is 11.3. The van der Waals surface area contributed by atoms with E-state index in [4.69, 9.17) is 33.1 Å². The summed E-state index contributed by atoms with van der Waals surface area (Å²) in [5.41, 5.74) is 20.4. The Bertz CT molecular complexity index is 275. The molecule has 0 unspecified atom stereocenters. The Morgan fingerprint density at radius 2 is 1.08 bits per heavy atom. The first kappa shape index (κ1) is 28.2. The zero-order valence-corrected chi connectivity index (χ0v) is 15.5. The molecule has 2 atom stereocenters. The minimum atomic E-state index is -1.00. The number of hydrogen-bond acceptors (Lipinski definition) is 10. The molecule has 0 aliphatic rings. The van der Waals surface area contributed by atoms with Crippen LogP contribution in [0.1, 0.15) is 0 Å². The van der Waals surface area contributed by atoms with Crippen molar-refractivity contribution in [2.24, 2.45) is 22.9 Å². The summed E-state index contributed by atoms with van der Waals surface area (Å²) < 4.78 is 0. The van der Waals surface area contributed by atoms with Crippen LogP contribution in [0.4, 0.5) is 0 Å². The fourth-order valence-electron chi connectivity index (χ4n) is 0.787. The van der Waals surface area contributed by atoms with Crippen molar-refractivity contribution in [2.45, 2.75) is 12.1 Å². The Labute approximate surface area is 153 Å². The standard InChI is InChI=1S/C6H18N4.2C3H7NO2S/c7-1-3-9-5-6-10-4-2-8;2*4-2(1-7)3(5)6/h9-10H,1-8H2;2*2,7H,1,4H2,(H,5,6)/t;2*2-/m.00/s1. The highest BCUT2D eigenvalue weighted by Gasteiger charge is 2.06. The van der Waals surface area contributed by atoms with Gasteiger partial charge in [0.05, 0.1) is 0 Å². The van der Waals surface area contributed by atoms with Crippen molar-refractivity contribution in [3.63, 3.8) is 0 Å². The molecular formula is C12H32N6O4S2. The minimum absolute atomic E-state index is 0.190. The lowest BCUT2D eigenvalue weighted by atomic mass is 10.4. The molecule has 0 saturated carbocycles. The van der Waals surface area contributed by atoms with Crippen LogP contribution < -0.4 is 33.6 Å². The van der Waals surface area contributed by atoms with Crippen LogP contribution in [-0.2, 0) is 9.59 Å². The Hall–Kier alpha value is -0.600. The topological polar surface area (TPSA) is 203 Å². The summed E-state index contributed by atoms with van der Waals surface area (Å²) >= 11 is 7.30. The number of aliphatic carboxylic acids is 2. The monoisotopic (exact) mass is 388 g/mol. The highest BCUT2D eigenvalue weighted by molar-refractivity contribution is 7.80. The number of thiol groups is 2. The zero-order valence-electron chi connectivity index (χ0n) is 13.7. The van der Waals surface area contributed by atoms with Gasteiger partial charge in [-0.1, -0.05) is 0 Å². The quantitative estimate of drug-likeness (QED) is 0.126. The second kappa shape index (κ2) is 22.4. The van der Waals surface area contributed by atoms with Crippen molar-refractivity contribution >= 4 is 37.2 Å². The van der Waals surface area contributed by atoms with E-state index in [0.29, 0.717) is 13.1 Å². The Morgan fingerprint density at radius 1 is 0.792 bits per heavy atom. The van der Waals surface area contributed by atoms with E-state index in [9.17, 15) is 9.59 Å². The van der Waals surface area contributed by atoms with Crippen molar-refractivity contribution in [3.8, 4) is 0 Å². The molecule has 10 nitrogen and oxygen atoms in total. The zero-order chi connectivity index (χ0) is 19.4. The predicted molar refractivity (Wildman–Crippen MR) is 103 cm³/mol. The predicted octanol–water partition coefficient (Wildman–Crippen LogP) is -3.26. The van der Waals surface area contributed by atoms with Gasteiger partial charge in [0.1, 0.15) is 12.1 Å². The van der Waals surface area contributed by atoms with Crippen LogP contribution in [0.25, 0.3) is 0 Å². The van der Waals surface area contributed by atoms with Crippen molar-refractivity contribution in [2.75, 3.05) is 50.8 Å². The molecule has 0 fully saturated rings. The minimum Gasteiger partial charge on any atom is -0.480 e. The lowest BCUT2D eigenvalue weighted by Crippen LogP contribution is -2.32. The highest BCUT2D eigenvalue weighted by atomic mass is 32.1. The van der Waals surface area contributed by atoms with Gasteiger partial charge in [-0.05, 0) is 0 Å². The summed E-state index contributed by atoms with van der Waals surface area (Å²) in [6.45, 7) is 5.14. The van der Waals surface area contributed by atoms with Crippen LogP contribution in [0.2, 0.25) is 0 Å². The third kappa shape index (κ3) is 26.3. The lowest BCUT2D eigenvalue weighted by molar-refractivity contribution is -0.138. The normalized spacial score (nSPS) is 12.1. The van der Waals surface area contributed by atoms with Crippen molar-refractivity contribution in [3.05, 3.63) is 0 Å². The maximum Gasteiger partial charge on any atom is 0.321 e. The third-order valence-electron chi connectivity index (χ3n) is 2.15. The molecule has 0 aromatic carbocycles. The molecule has 146 valence electrons. The number of nitrogens with one attached hydrogen (secondary N) is 2. The molecule has 12 N–H and O–H groups in total. The second-order valence-corrected chi connectivity index (χ2v) is 5.06. The summed E-state index contributed by atoms with van der Waals surface area (Å²) in [6, 6.07) is -1.63. The smallest absolute Gasteiger partial charge is 0.321 e. The molecule has 0 rings (SSSR count). The molecule has 12 heteroatoms. The van der Waals surface area contributed by atoms with E-state index in [1.807, 2.05) is 0 Å². The van der Waals surface area contributed by atoms with E-state index in [1.165, 1.54) is 0 Å². The van der Waals surface area contributed by atoms with Crippen molar-refractivity contribution < 1.29 is 19.8 Å². The van der Waals surface area contributed by atoms with E-state index in [1.54, 1.807) is 0 Å². The molecule has 0 aromatic rings. The van der Waals surface area contributed by atoms with Crippen molar-refractivity contribution in [1.29, 1.82) is 0 Å². The van der Waals surface area contributed by atoms with Crippen LogP contribution in [-0.4, -0.2) is 85.0 Å². The molecular weight excluding hydrogens is 356 g/mol. The number of carbonyl (C=O) groups is 2. The average Bonchev–Trinajstić information content (AvgIpc) is 2.57. The van der Waals surface area contributed by atoms with Gasteiger partial charge in [-0.3, -0.25) is 9.59 Å². The fraction of sp³-hybridized carbons (Fsp3) is 0.833. The summed E-state index contributed by atoms with van der Waals surface area (Å²) in [7, 11) is 0. The average molecular weight is 389 g/mol.